The number of hydrogen-bond acceptors (Lipinski definition) is 4. The highest BCUT2D eigenvalue weighted by Crippen LogP contribution is 2.20. The molecule has 0 bridgehead atoms. The predicted molar refractivity (Wildman–Crippen MR) is 126 cm³/mol. The second kappa shape index (κ2) is 11.0. The molecule has 3 rings (SSSR count). The molecule has 1 aliphatic heterocycles. The molecule has 166 valence electrons. The highest BCUT2D eigenvalue weighted by Gasteiger charge is 2.23. The largest absolute Gasteiger partial charge is 0.372 e. The first-order valence-corrected chi connectivity index (χ1v) is 11.3. The Balaban J connectivity index is 1.55. The van der Waals surface area contributed by atoms with E-state index < -0.39 is 0 Å². The minimum Gasteiger partial charge on any atom is -0.372 e. The van der Waals surface area contributed by atoms with Gasteiger partial charge in [0.15, 0.2) is 0 Å². The fraction of sp³-hybridized carbons (Fsp3) is 0.440. The predicted octanol–water partition coefficient (Wildman–Crippen LogP) is 3.87. The number of primary amides is 1. The fourth-order valence-corrected chi connectivity index (χ4v) is 4.15. The summed E-state index contributed by atoms with van der Waals surface area (Å²) in [5.74, 6) is -0.369. The number of amides is 2. The van der Waals surface area contributed by atoms with Gasteiger partial charge in [0.05, 0.1) is 5.92 Å². The number of hydrogen-bond donors (Lipinski definition) is 2. The molecule has 0 saturated carbocycles. The number of piperidine rings is 1. The van der Waals surface area contributed by atoms with Crippen LogP contribution >= 0.6 is 0 Å². The summed E-state index contributed by atoms with van der Waals surface area (Å²) in [6.07, 6.45) is 2.97. The molecule has 1 saturated heterocycles. The van der Waals surface area contributed by atoms with Crippen molar-refractivity contribution >= 4 is 23.2 Å². The quantitative estimate of drug-likeness (QED) is 0.643. The minimum atomic E-state index is -0.205. The lowest BCUT2D eigenvalue weighted by Crippen LogP contribution is -2.40. The van der Waals surface area contributed by atoms with Crippen molar-refractivity contribution in [1.29, 1.82) is 0 Å². The van der Waals surface area contributed by atoms with Gasteiger partial charge < -0.3 is 16.0 Å². The maximum Gasteiger partial charge on any atom is 0.255 e. The number of likely N-dealkylation sites (tertiary alicyclic amines) is 1. The Bertz CT molecular complexity index is 864. The number of nitrogens with zero attached hydrogens (tertiary/aromatic N) is 2. The topological polar surface area (TPSA) is 78.7 Å². The molecule has 0 aliphatic carbocycles. The number of benzene rings is 2. The third-order valence-electron chi connectivity index (χ3n) is 5.90. The Kier molecular flexibility index (Phi) is 8.06. The number of rotatable bonds is 9. The summed E-state index contributed by atoms with van der Waals surface area (Å²) in [6, 6.07) is 15.7. The molecule has 0 radical (unpaired) electrons. The zero-order valence-corrected chi connectivity index (χ0v) is 18.6. The van der Waals surface area contributed by atoms with E-state index in [1.807, 2.05) is 48.5 Å². The monoisotopic (exact) mass is 422 g/mol. The van der Waals surface area contributed by atoms with Crippen molar-refractivity contribution in [2.45, 2.75) is 39.7 Å². The highest BCUT2D eigenvalue weighted by atomic mass is 16.2. The maximum absolute atomic E-state index is 12.6. The summed E-state index contributed by atoms with van der Waals surface area (Å²) < 4.78 is 0. The number of anilines is 2. The number of nitrogens with two attached hydrogens (primary N) is 1. The molecule has 2 amide bonds. The van der Waals surface area contributed by atoms with Crippen LogP contribution in [-0.4, -0.2) is 42.9 Å². The van der Waals surface area contributed by atoms with Gasteiger partial charge in [-0.1, -0.05) is 19.1 Å². The summed E-state index contributed by atoms with van der Waals surface area (Å²) >= 11 is 0. The molecule has 2 aromatic rings. The first kappa shape index (κ1) is 22.8. The van der Waals surface area contributed by atoms with E-state index in [0.717, 1.165) is 68.9 Å². The van der Waals surface area contributed by atoms with Crippen molar-refractivity contribution in [1.82, 2.24) is 4.90 Å². The third kappa shape index (κ3) is 6.31. The van der Waals surface area contributed by atoms with Crippen LogP contribution in [0, 0.1) is 5.92 Å². The van der Waals surface area contributed by atoms with E-state index in [-0.39, 0.29) is 17.7 Å². The molecule has 1 unspecified atom stereocenters. The molecule has 3 N–H and O–H groups in total. The van der Waals surface area contributed by atoms with Gasteiger partial charge in [0, 0.05) is 43.1 Å². The molecular formula is C25H34N4O2. The van der Waals surface area contributed by atoms with Crippen molar-refractivity contribution in [2.75, 3.05) is 36.4 Å². The summed E-state index contributed by atoms with van der Waals surface area (Å²) in [5, 5.41) is 2.97. The lowest BCUT2D eigenvalue weighted by atomic mass is 9.97. The Labute approximate surface area is 185 Å². The van der Waals surface area contributed by atoms with Gasteiger partial charge in [0.2, 0.25) is 5.91 Å². The highest BCUT2D eigenvalue weighted by molar-refractivity contribution is 6.04. The lowest BCUT2D eigenvalue weighted by molar-refractivity contribution is -0.123. The molecule has 1 heterocycles. The van der Waals surface area contributed by atoms with Gasteiger partial charge in [0.25, 0.3) is 5.91 Å². The van der Waals surface area contributed by atoms with E-state index in [2.05, 4.69) is 29.0 Å². The van der Waals surface area contributed by atoms with Crippen LogP contribution in [0.5, 0.6) is 0 Å². The van der Waals surface area contributed by atoms with Gasteiger partial charge in [-0.25, -0.2) is 0 Å². The zero-order valence-electron chi connectivity index (χ0n) is 18.6. The zero-order chi connectivity index (χ0) is 22.2. The van der Waals surface area contributed by atoms with Crippen molar-refractivity contribution < 1.29 is 9.59 Å². The van der Waals surface area contributed by atoms with Crippen molar-refractivity contribution in [3.63, 3.8) is 0 Å². The molecule has 1 fully saturated rings. The number of carbonyl (C=O) groups excluding carboxylic acids is 2. The van der Waals surface area contributed by atoms with Crippen molar-refractivity contribution in [3.8, 4) is 0 Å². The summed E-state index contributed by atoms with van der Waals surface area (Å²) in [4.78, 5) is 28.7. The van der Waals surface area contributed by atoms with Gasteiger partial charge in [-0.2, -0.15) is 0 Å². The van der Waals surface area contributed by atoms with Crippen LogP contribution in [0.25, 0.3) is 0 Å². The molecule has 6 heteroatoms. The number of carbonyl (C=O) groups is 2. The minimum absolute atomic E-state index is 0.0509. The molecule has 1 aliphatic rings. The Hall–Kier alpha value is -2.86. The standard InChI is InChI=1S/C25H34N4O2/c1-3-15-29(4-2)23-13-9-20(10-14-23)25(31)27-22-11-7-19(8-12-22)17-28-16-5-6-21(18-28)24(26)30/h7-14,21H,3-6,15-18H2,1-2H3,(H2,26,30)(H,27,31). The second-order valence-corrected chi connectivity index (χ2v) is 8.25. The normalized spacial score (nSPS) is 16.6. The summed E-state index contributed by atoms with van der Waals surface area (Å²) in [6.45, 7) is 8.75. The molecule has 31 heavy (non-hydrogen) atoms. The van der Waals surface area contributed by atoms with Crippen LogP contribution in [-0.2, 0) is 11.3 Å². The molecule has 0 spiro atoms. The maximum atomic E-state index is 12.6. The van der Waals surface area contributed by atoms with Crippen molar-refractivity contribution in [2.24, 2.45) is 11.7 Å². The molecule has 1 atom stereocenters. The van der Waals surface area contributed by atoms with Gasteiger partial charge in [-0.15, -0.1) is 0 Å². The number of nitrogens with one attached hydrogen (secondary N) is 1. The van der Waals surface area contributed by atoms with E-state index in [1.54, 1.807) is 0 Å². The molecular weight excluding hydrogens is 388 g/mol. The van der Waals surface area contributed by atoms with E-state index in [9.17, 15) is 9.59 Å². The third-order valence-corrected chi connectivity index (χ3v) is 5.90. The lowest BCUT2D eigenvalue weighted by Gasteiger charge is -2.31. The molecule has 2 aromatic carbocycles. The average molecular weight is 423 g/mol. The van der Waals surface area contributed by atoms with Crippen LogP contribution in [0.15, 0.2) is 48.5 Å². The Morgan fingerprint density at radius 2 is 1.81 bits per heavy atom. The van der Waals surface area contributed by atoms with Crippen LogP contribution in [0.3, 0.4) is 0 Å². The first-order valence-electron chi connectivity index (χ1n) is 11.3. The smallest absolute Gasteiger partial charge is 0.255 e. The van der Waals surface area contributed by atoms with E-state index in [1.165, 1.54) is 0 Å². The van der Waals surface area contributed by atoms with E-state index in [4.69, 9.17) is 5.73 Å². The average Bonchev–Trinajstić information content (AvgIpc) is 2.79. The van der Waals surface area contributed by atoms with Crippen LogP contribution in [0.1, 0.15) is 49.0 Å². The molecule has 0 aromatic heterocycles. The second-order valence-electron chi connectivity index (χ2n) is 8.25. The SMILES string of the molecule is CCCN(CC)c1ccc(C(=O)Nc2ccc(CN3CCCC(C(N)=O)C3)cc2)cc1. The fourth-order valence-electron chi connectivity index (χ4n) is 4.15. The van der Waals surface area contributed by atoms with Crippen LogP contribution in [0.2, 0.25) is 0 Å². The first-order chi connectivity index (χ1) is 15.0. The molecule has 6 nitrogen and oxygen atoms in total. The van der Waals surface area contributed by atoms with Crippen molar-refractivity contribution in [3.05, 3.63) is 59.7 Å². The Morgan fingerprint density at radius 3 is 2.42 bits per heavy atom. The van der Waals surface area contributed by atoms with Gasteiger partial charge in [0.1, 0.15) is 0 Å². The summed E-state index contributed by atoms with van der Waals surface area (Å²) in [7, 11) is 0. The van der Waals surface area contributed by atoms with Gasteiger partial charge in [-0.3, -0.25) is 14.5 Å². The van der Waals surface area contributed by atoms with Crippen LogP contribution in [0.4, 0.5) is 11.4 Å². The summed E-state index contributed by atoms with van der Waals surface area (Å²) in [5.41, 5.74) is 9.18. The van der Waals surface area contributed by atoms with Gasteiger partial charge >= 0.3 is 0 Å². The van der Waals surface area contributed by atoms with Gasteiger partial charge in [-0.05, 0) is 74.7 Å². The van der Waals surface area contributed by atoms with E-state index in [0.29, 0.717) is 5.56 Å². The Morgan fingerprint density at radius 1 is 1.10 bits per heavy atom. The van der Waals surface area contributed by atoms with E-state index >= 15 is 0 Å². The van der Waals surface area contributed by atoms with Crippen LogP contribution < -0.4 is 16.0 Å².